The van der Waals surface area contributed by atoms with Crippen LogP contribution in [-0.4, -0.2) is 27.1 Å². The molecule has 2 heterocycles. The van der Waals surface area contributed by atoms with Crippen LogP contribution < -0.4 is 10.6 Å². The van der Waals surface area contributed by atoms with E-state index in [9.17, 15) is 9.18 Å². The second-order valence-corrected chi connectivity index (χ2v) is 5.40. The molecule has 0 saturated heterocycles. The summed E-state index contributed by atoms with van der Waals surface area (Å²) in [6.07, 6.45) is 5.27. The lowest BCUT2D eigenvalue weighted by atomic mass is 10.2. The van der Waals surface area contributed by atoms with Gasteiger partial charge in [0.2, 0.25) is 0 Å². The topological polar surface area (TPSA) is 71.8 Å². The Bertz CT molecular complexity index is 817. The van der Waals surface area contributed by atoms with Crippen molar-refractivity contribution < 1.29 is 9.18 Å². The zero-order valence-corrected chi connectivity index (χ0v) is 13.5. The maximum atomic E-state index is 12.8. The number of hydrogen-bond acceptors (Lipinski definition) is 3. The molecule has 0 bridgehead atoms. The minimum absolute atomic E-state index is 0.274. The standard InChI is InChI=1S/C18H18FN5O/c19-15-6-4-14(5-7-15)13-23-18(25)22-10-12-24-11-9-21-17(24)16-3-1-2-8-20-16/h1-9,11H,10,12-13H2,(H2,22,23,25). The first-order chi connectivity index (χ1) is 12.2. The summed E-state index contributed by atoms with van der Waals surface area (Å²) in [5, 5.41) is 5.52. The van der Waals surface area contributed by atoms with Crippen LogP contribution in [0.3, 0.4) is 0 Å². The number of hydrogen-bond donors (Lipinski definition) is 2. The van der Waals surface area contributed by atoms with Gasteiger partial charge in [0, 0.05) is 38.2 Å². The minimum Gasteiger partial charge on any atom is -0.336 e. The van der Waals surface area contributed by atoms with Gasteiger partial charge in [0.15, 0.2) is 5.82 Å². The molecule has 0 spiro atoms. The Labute approximate surface area is 144 Å². The first-order valence-electron chi connectivity index (χ1n) is 7.91. The molecule has 0 aliphatic carbocycles. The maximum Gasteiger partial charge on any atom is 0.315 e. The molecule has 0 unspecified atom stereocenters. The van der Waals surface area contributed by atoms with Gasteiger partial charge in [-0.2, -0.15) is 0 Å². The van der Waals surface area contributed by atoms with Crippen molar-refractivity contribution in [1.82, 2.24) is 25.2 Å². The van der Waals surface area contributed by atoms with E-state index in [1.165, 1.54) is 12.1 Å². The molecule has 0 aliphatic heterocycles. The van der Waals surface area contributed by atoms with E-state index in [-0.39, 0.29) is 11.8 Å². The van der Waals surface area contributed by atoms with Crippen LogP contribution in [0.1, 0.15) is 5.56 Å². The van der Waals surface area contributed by atoms with Crippen molar-refractivity contribution in [2.75, 3.05) is 6.54 Å². The van der Waals surface area contributed by atoms with E-state index in [0.29, 0.717) is 19.6 Å². The second kappa shape index (κ2) is 8.05. The second-order valence-electron chi connectivity index (χ2n) is 5.40. The highest BCUT2D eigenvalue weighted by Gasteiger charge is 2.07. The van der Waals surface area contributed by atoms with Crippen LogP contribution in [-0.2, 0) is 13.1 Å². The highest BCUT2D eigenvalue weighted by atomic mass is 19.1. The molecular weight excluding hydrogens is 321 g/mol. The van der Waals surface area contributed by atoms with E-state index in [4.69, 9.17) is 0 Å². The molecule has 0 atom stereocenters. The summed E-state index contributed by atoms with van der Waals surface area (Å²) in [6, 6.07) is 11.4. The van der Waals surface area contributed by atoms with Gasteiger partial charge in [-0.1, -0.05) is 18.2 Å². The normalized spacial score (nSPS) is 10.4. The van der Waals surface area contributed by atoms with Crippen LogP contribution in [0, 0.1) is 5.82 Å². The number of benzene rings is 1. The molecule has 2 amide bonds. The van der Waals surface area contributed by atoms with Gasteiger partial charge in [0.1, 0.15) is 11.5 Å². The lowest BCUT2D eigenvalue weighted by molar-refractivity contribution is 0.240. The highest BCUT2D eigenvalue weighted by molar-refractivity contribution is 5.73. The van der Waals surface area contributed by atoms with Crippen molar-refractivity contribution in [3.8, 4) is 11.5 Å². The number of halogens is 1. The van der Waals surface area contributed by atoms with E-state index in [1.807, 2.05) is 29.0 Å². The number of nitrogens with one attached hydrogen (secondary N) is 2. The Morgan fingerprint density at radius 3 is 2.64 bits per heavy atom. The van der Waals surface area contributed by atoms with Gasteiger partial charge in [0.25, 0.3) is 0 Å². The SMILES string of the molecule is O=C(NCCn1ccnc1-c1ccccn1)NCc1ccc(F)cc1. The van der Waals surface area contributed by atoms with Gasteiger partial charge in [-0.3, -0.25) is 4.98 Å². The van der Waals surface area contributed by atoms with Crippen molar-refractivity contribution in [3.05, 3.63) is 72.4 Å². The molecule has 0 saturated carbocycles. The molecular formula is C18H18FN5O. The van der Waals surface area contributed by atoms with Crippen LogP contribution in [0.25, 0.3) is 11.5 Å². The average Bonchev–Trinajstić information content (AvgIpc) is 3.10. The summed E-state index contributed by atoms with van der Waals surface area (Å²) < 4.78 is 14.8. The third kappa shape index (κ3) is 4.63. The zero-order chi connectivity index (χ0) is 17.5. The van der Waals surface area contributed by atoms with Gasteiger partial charge in [-0.15, -0.1) is 0 Å². The van der Waals surface area contributed by atoms with Crippen LogP contribution in [0.4, 0.5) is 9.18 Å². The Hall–Kier alpha value is -3.22. The van der Waals surface area contributed by atoms with Crippen LogP contribution in [0.5, 0.6) is 0 Å². The van der Waals surface area contributed by atoms with E-state index >= 15 is 0 Å². The maximum absolute atomic E-state index is 12.8. The fraction of sp³-hybridized carbons (Fsp3) is 0.167. The van der Waals surface area contributed by atoms with E-state index in [2.05, 4.69) is 20.6 Å². The Kier molecular flexibility index (Phi) is 5.36. The third-order valence-corrected chi connectivity index (χ3v) is 3.61. The molecule has 128 valence electrons. The Morgan fingerprint density at radius 2 is 1.88 bits per heavy atom. The van der Waals surface area contributed by atoms with Crippen molar-refractivity contribution in [1.29, 1.82) is 0 Å². The number of carbonyl (C=O) groups excluding carboxylic acids is 1. The molecule has 0 fully saturated rings. The molecule has 3 rings (SSSR count). The Morgan fingerprint density at radius 1 is 1.04 bits per heavy atom. The number of rotatable bonds is 6. The van der Waals surface area contributed by atoms with E-state index in [1.54, 1.807) is 24.5 Å². The van der Waals surface area contributed by atoms with E-state index < -0.39 is 0 Å². The molecule has 2 aromatic heterocycles. The van der Waals surface area contributed by atoms with Crippen molar-refractivity contribution >= 4 is 6.03 Å². The van der Waals surface area contributed by atoms with Crippen molar-refractivity contribution in [3.63, 3.8) is 0 Å². The van der Waals surface area contributed by atoms with Crippen LogP contribution in [0.15, 0.2) is 61.1 Å². The smallest absolute Gasteiger partial charge is 0.315 e. The predicted octanol–water partition coefficient (Wildman–Crippen LogP) is 2.58. The number of aromatic nitrogens is 3. The summed E-state index contributed by atoms with van der Waals surface area (Å²) in [5.41, 5.74) is 1.62. The summed E-state index contributed by atoms with van der Waals surface area (Å²) in [4.78, 5) is 20.4. The molecule has 7 heteroatoms. The summed E-state index contributed by atoms with van der Waals surface area (Å²) >= 11 is 0. The van der Waals surface area contributed by atoms with Crippen LogP contribution in [0.2, 0.25) is 0 Å². The lowest BCUT2D eigenvalue weighted by Gasteiger charge is -2.10. The van der Waals surface area contributed by atoms with Crippen molar-refractivity contribution in [2.24, 2.45) is 0 Å². The van der Waals surface area contributed by atoms with Gasteiger partial charge in [0.05, 0.1) is 0 Å². The first kappa shape index (κ1) is 16.6. The van der Waals surface area contributed by atoms with Crippen LogP contribution >= 0.6 is 0 Å². The highest BCUT2D eigenvalue weighted by Crippen LogP contribution is 2.13. The number of carbonyl (C=O) groups is 1. The molecule has 0 radical (unpaired) electrons. The monoisotopic (exact) mass is 339 g/mol. The summed E-state index contributed by atoms with van der Waals surface area (Å²) in [5.74, 6) is 0.464. The van der Waals surface area contributed by atoms with E-state index in [0.717, 1.165) is 17.1 Å². The quantitative estimate of drug-likeness (QED) is 0.725. The Balaban J connectivity index is 1.46. The predicted molar refractivity (Wildman–Crippen MR) is 92.1 cm³/mol. The molecule has 1 aromatic carbocycles. The molecule has 25 heavy (non-hydrogen) atoms. The first-order valence-corrected chi connectivity index (χ1v) is 7.91. The van der Waals surface area contributed by atoms with Gasteiger partial charge >= 0.3 is 6.03 Å². The number of pyridine rings is 1. The number of amides is 2. The third-order valence-electron chi connectivity index (χ3n) is 3.61. The molecule has 2 N–H and O–H groups in total. The summed E-state index contributed by atoms with van der Waals surface area (Å²) in [7, 11) is 0. The minimum atomic E-state index is -0.294. The zero-order valence-electron chi connectivity index (χ0n) is 13.5. The van der Waals surface area contributed by atoms with Crippen molar-refractivity contribution in [2.45, 2.75) is 13.1 Å². The van der Waals surface area contributed by atoms with Gasteiger partial charge < -0.3 is 15.2 Å². The fourth-order valence-corrected chi connectivity index (χ4v) is 2.35. The summed E-state index contributed by atoms with van der Waals surface area (Å²) in [6.45, 7) is 1.37. The largest absolute Gasteiger partial charge is 0.336 e. The van der Waals surface area contributed by atoms with Gasteiger partial charge in [-0.25, -0.2) is 14.2 Å². The molecule has 3 aromatic rings. The lowest BCUT2D eigenvalue weighted by Crippen LogP contribution is -2.36. The molecule has 6 nitrogen and oxygen atoms in total. The number of urea groups is 1. The fourth-order valence-electron chi connectivity index (χ4n) is 2.35. The average molecular weight is 339 g/mol. The number of imidazole rings is 1. The number of nitrogens with zero attached hydrogens (tertiary/aromatic N) is 3. The molecule has 0 aliphatic rings. The van der Waals surface area contributed by atoms with Gasteiger partial charge in [-0.05, 0) is 29.8 Å².